The molecule has 1 aliphatic heterocycles. The maximum Gasteiger partial charge on any atom is 0.232 e. The average Bonchev–Trinajstić information content (AvgIpc) is 2.65. The molecule has 2 aromatic rings. The summed E-state index contributed by atoms with van der Waals surface area (Å²) in [5.41, 5.74) is 2.34. The molecule has 5 nitrogen and oxygen atoms in total. The molecule has 2 aliphatic rings. The summed E-state index contributed by atoms with van der Waals surface area (Å²) in [6.07, 6.45) is 1.08. The van der Waals surface area contributed by atoms with Crippen molar-refractivity contribution in [3.63, 3.8) is 0 Å². The Balaban J connectivity index is 1.91. The topological polar surface area (TPSA) is 66.8 Å². The molecule has 1 amide bonds. The summed E-state index contributed by atoms with van der Waals surface area (Å²) in [7, 11) is 1.47. The number of benzene rings is 2. The Labute approximate surface area is 191 Å². The van der Waals surface area contributed by atoms with Crippen LogP contribution in [0.2, 0.25) is 10.0 Å². The van der Waals surface area contributed by atoms with Gasteiger partial charge in [-0.25, -0.2) is 0 Å². The number of Topliss-reactive ketones (excluding diaryl/α,β-unsaturated/α-hetero) is 1. The van der Waals surface area contributed by atoms with E-state index in [4.69, 9.17) is 27.9 Å². The lowest BCUT2D eigenvalue weighted by atomic mass is 9.69. The molecule has 0 bridgehead atoms. The number of phenolic OH excluding ortho intramolecular Hbond substituents is 1. The van der Waals surface area contributed by atoms with Crippen LogP contribution < -0.4 is 9.64 Å². The molecule has 162 valence electrons. The first-order valence-electron chi connectivity index (χ1n) is 10.0. The Bertz CT molecular complexity index is 1100. The Hall–Kier alpha value is -2.50. The number of ether oxygens (including phenoxy) is 1. The molecule has 0 saturated heterocycles. The van der Waals surface area contributed by atoms with Crippen LogP contribution in [0.25, 0.3) is 0 Å². The highest BCUT2D eigenvalue weighted by Crippen LogP contribution is 2.49. The second-order valence-corrected chi connectivity index (χ2v) is 9.72. The van der Waals surface area contributed by atoms with E-state index in [9.17, 15) is 14.7 Å². The van der Waals surface area contributed by atoms with Gasteiger partial charge in [-0.2, -0.15) is 0 Å². The first-order valence-corrected chi connectivity index (χ1v) is 10.8. The maximum atomic E-state index is 13.4. The zero-order chi connectivity index (χ0) is 22.5. The van der Waals surface area contributed by atoms with Crippen molar-refractivity contribution in [2.75, 3.05) is 12.0 Å². The van der Waals surface area contributed by atoms with Crippen molar-refractivity contribution >= 4 is 40.6 Å². The van der Waals surface area contributed by atoms with Crippen LogP contribution in [0.4, 0.5) is 5.69 Å². The van der Waals surface area contributed by atoms with Crippen LogP contribution in [-0.2, 0) is 9.59 Å². The summed E-state index contributed by atoms with van der Waals surface area (Å²) in [4.78, 5) is 28.3. The number of halogens is 2. The summed E-state index contributed by atoms with van der Waals surface area (Å²) in [6, 6.07) is 9.94. The molecule has 0 spiro atoms. The van der Waals surface area contributed by atoms with Gasteiger partial charge in [0.2, 0.25) is 5.91 Å². The number of carbonyl (C=O) groups excluding carboxylic acids is 2. The third-order valence-corrected chi connectivity index (χ3v) is 6.29. The van der Waals surface area contributed by atoms with Crippen molar-refractivity contribution in [1.82, 2.24) is 0 Å². The van der Waals surface area contributed by atoms with Gasteiger partial charge in [0.15, 0.2) is 17.3 Å². The van der Waals surface area contributed by atoms with Gasteiger partial charge in [0.25, 0.3) is 0 Å². The monoisotopic (exact) mass is 459 g/mol. The van der Waals surface area contributed by atoms with E-state index in [1.54, 1.807) is 35.2 Å². The van der Waals surface area contributed by atoms with Gasteiger partial charge < -0.3 is 9.84 Å². The molecule has 0 aromatic heterocycles. The van der Waals surface area contributed by atoms with Gasteiger partial charge in [-0.1, -0.05) is 43.1 Å². The van der Waals surface area contributed by atoms with Crippen LogP contribution in [0.3, 0.4) is 0 Å². The Morgan fingerprint density at radius 2 is 1.74 bits per heavy atom. The number of aromatic hydroxyl groups is 1. The third-order valence-electron chi connectivity index (χ3n) is 5.85. The van der Waals surface area contributed by atoms with Crippen molar-refractivity contribution in [1.29, 1.82) is 0 Å². The summed E-state index contributed by atoms with van der Waals surface area (Å²) in [5.74, 6) is -0.214. The van der Waals surface area contributed by atoms with Gasteiger partial charge in [-0.3, -0.25) is 14.5 Å². The first-order chi connectivity index (χ1) is 14.6. The number of ketones is 1. The standard InChI is InChI=1S/C24H23Cl2NO4/c1-24(2)11-18-23(20(29)12-24)17(13-4-5-19(28)21(6-13)31-3)10-22(30)27(18)16-8-14(25)7-15(26)9-16/h4-9,17,28H,10-12H2,1-3H3. The van der Waals surface area contributed by atoms with Crippen molar-refractivity contribution in [3.8, 4) is 11.5 Å². The molecule has 4 rings (SSSR count). The molecular weight excluding hydrogens is 437 g/mol. The molecule has 1 aliphatic carbocycles. The van der Waals surface area contributed by atoms with Crippen molar-refractivity contribution in [3.05, 3.63) is 63.3 Å². The van der Waals surface area contributed by atoms with Gasteiger partial charge in [-0.05, 0) is 47.7 Å². The van der Waals surface area contributed by atoms with Gasteiger partial charge in [0.1, 0.15) is 0 Å². The van der Waals surface area contributed by atoms with E-state index < -0.39 is 5.92 Å². The van der Waals surface area contributed by atoms with Gasteiger partial charge in [0, 0.05) is 40.1 Å². The molecular formula is C24H23Cl2NO4. The third kappa shape index (κ3) is 4.04. The quantitative estimate of drug-likeness (QED) is 0.622. The fourth-order valence-electron chi connectivity index (χ4n) is 4.58. The van der Waals surface area contributed by atoms with E-state index in [1.807, 2.05) is 13.8 Å². The normalized spacial score (nSPS) is 20.7. The number of amides is 1. The van der Waals surface area contributed by atoms with Crippen LogP contribution in [0.15, 0.2) is 47.7 Å². The molecule has 7 heteroatoms. The summed E-state index contributed by atoms with van der Waals surface area (Å²) in [5, 5.41) is 10.8. The van der Waals surface area contributed by atoms with E-state index in [0.29, 0.717) is 45.6 Å². The molecule has 1 heterocycles. The lowest BCUT2D eigenvalue weighted by Crippen LogP contribution is -2.43. The number of carbonyl (C=O) groups is 2. The molecule has 0 saturated carbocycles. The minimum atomic E-state index is -0.411. The second-order valence-electron chi connectivity index (χ2n) is 8.85. The molecule has 1 unspecified atom stereocenters. The first kappa shape index (κ1) is 21.7. The van der Waals surface area contributed by atoms with Crippen LogP contribution in [0, 0.1) is 5.41 Å². The Morgan fingerprint density at radius 1 is 1.06 bits per heavy atom. The fourth-order valence-corrected chi connectivity index (χ4v) is 5.09. The van der Waals surface area contributed by atoms with Gasteiger partial charge >= 0.3 is 0 Å². The second kappa shape index (κ2) is 7.88. The Kier molecular flexibility index (Phi) is 5.52. The smallest absolute Gasteiger partial charge is 0.232 e. The number of hydrogen-bond donors (Lipinski definition) is 1. The molecule has 1 N–H and O–H groups in total. The summed E-state index contributed by atoms with van der Waals surface area (Å²) < 4.78 is 5.24. The molecule has 0 radical (unpaired) electrons. The number of hydrogen-bond acceptors (Lipinski definition) is 4. The lowest BCUT2D eigenvalue weighted by Gasteiger charge is -2.43. The van der Waals surface area contributed by atoms with E-state index in [2.05, 4.69) is 0 Å². The van der Waals surface area contributed by atoms with E-state index in [-0.39, 0.29) is 29.3 Å². The van der Waals surface area contributed by atoms with E-state index in [1.165, 1.54) is 13.2 Å². The van der Waals surface area contributed by atoms with E-state index >= 15 is 0 Å². The summed E-state index contributed by atoms with van der Waals surface area (Å²) >= 11 is 12.4. The number of allylic oxidation sites excluding steroid dienone is 2. The lowest BCUT2D eigenvalue weighted by molar-refractivity contribution is -0.121. The van der Waals surface area contributed by atoms with Crippen LogP contribution in [0.1, 0.15) is 44.6 Å². The van der Waals surface area contributed by atoms with Crippen molar-refractivity contribution in [2.24, 2.45) is 5.41 Å². The number of phenols is 1. The van der Waals surface area contributed by atoms with Crippen LogP contribution in [0.5, 0.6) is 11.5 Å². The van der Waals surface area contributed by atoms with Crippen molar-refractivity contribution in [2.45, 2.75) is 39.0 Å². The van der Waals surface area contributed by atoms with E-state index in [0.717, 1.165) is 5.56 Å². The molecule has 1 atom stereocenters. The largest absolute Gasteiger partial charge is 0.504 e. The van der Waals surface area contributed by atoms with Crippen LogP contribution in [-0.4, -0.2) is 23.9 Å². The minimum absolute atomic E-state index is 0.00823. The molecule has 31 heavy (non-hydrogen) atoms. The fraction of sp³-hybridized carbons (Fsp3) is 0.333. The van der Waals surface area contributed by atoms with Crippen molar-refractivity contribution < 1.29 is 19.4 Å². The highest BCUT2D eigenvalue weighted by molar-refractivity contribution is 6.35. The number of nitrogens with zero attached hydrogens (tertiary/aromatic N) is 1. The van der Waals surface area contributed by atoms with Gasteiger partial charge in [-0.15, -0.1) is 0 Å². The highest BCUT2D eigenvalue weighted by atomic mass is 35.5. The predicted octanol–water partition coefficient (Wildman–Crippen LogP) is 5.87. The number of anilines is 1. The SMILES string of the molecule is COc1cc(C2CC(=O)N(c3cc(Cl)cc(Cl)c3)C3=C2C(=O)CC(C)(C)C3)ccc1O. The zero-order valence-corrected chi connectivity index (χ0v) is 19.0. The highest BCUT2D eigenvalue weighted by Gasteiger charge is 2.44. The predicted molar refractivity (Wildman–Crippen MR) is 121 cm³/mol. The number of methoxy groups -OCH3 is 1. The molecule has 0 fully saturated rings. The number of rotatable bonds is 3. The van der Waals surface area contributed by atoms with Gasteiger partial charge in [0.05, 0.1) is 12.8 Å². The maximum absolute atomic E-state index is 13.4. The zero-order valence-electron chi connectivity index (χ0n) is 17.5. The minimum Gasteiger partial charge on any atom is -0.504 e. The molecule has 2 aromatic carbocycles. The summed E-state index contributed by atoms with van der Waals surface area (Å²) in [6.45, 7) is 4.05. The van der Waals surface area contributed by atoms with Crippen LogP contribution >= 0.6 is 23.2 Å². The average molecular weight is 460 g/mol. The Morgan fingerprint density at radius 3 is 2.39 bits per heavy atom.